The number of allylic oxidation sites excluding steroid dienone is 1. The van der Waals surface area contributed by atoms with Crippen molar-refractivity contribution in [2.45, 2.75) is 24.5 Å². The van der Waals surface area contributed by atoms with Crippen LogP contribution in [0.2, 0.25) is 0 Å². The van der Waals surface area contributed by atoms with Gasteiger partial charge in [-0.1, -0.05) is 0 Å². The predicted octanol–water partition coefficient (Wildman–Crippen LogP) is -0.932. The number of fused-ring (bicyclic) bond motifs is 3. The molecular weight excluding hydrogens is 498 g/mol. The second-order valence-electron chi connectivity index (χ2n) is 9.16. The van der Waals surface area contributed by atoms with Gasteiger partial charge >= 0.3 is 0 Å². The van der Waals surface area contributed by atoms with Crippen molar-refractivity contribution >= 4 is 34.1 Å². The number of ketones is 2. The first-order chi connectivity index (χ1) is 16.8. The molecule has 0 unspecified atom stereocenters. The number of nitrogens with one attached hydrogen (secondary N) is 1. The molecule has 1 aromatic rings. The standard InChI is InChI=1S/C22H25N3O10S/c1-25(2)15-9-5-7-4-8-11(35-3)6-10(24-36(33)34)16(26)13(8)17(27)12(7)19(29)22(9,32)20(30)14(18(15)28)21(23)31/h6-7,9,15,26,28-29,32,36H,4-5H2,1-3H3,(H2,23,31)(H,24,33,34)/t7-,9-,15-,22-/m0/s1. The Labute approximate surface area is 206 Å². The molecule has 0 fully saturated rings. The maximum Gasteiger partial charge on any atom is 0.255 e. The van der Waals surface area contributed by atoms with Crippen LogP contribution in [-0.2, 0) is 26.9 Å². The van der Waals surface area contributed by atoms with Crippen LogP contribution in [0.25, 0.3) is 0 Å². The van der Waals surface area contributed by atoms with Crippen molar-refractivity contribution in [2.75, 3.05) is 25.9 Å². The van der Waals surface area contributed by atoms with Gasteiger partial charge in [-0.3, -0.25) is 24.0 Å². The van der Waals surface area contributed by atoms with E-state index in [2.05, 4.69) is 0 Å². The van der Waals surface area contributed by atoms with Gasteiger partial charge in [-0.2, -0.15) is 0 Å². The van der Waals surface area contributed by atoms with Crippen LogP contribution < -0.4 is 15.2 Å². The summed E-state index contributed by atoms with van der Waals surface area (Å²) in [6, 6.07) is 0.103. The molecule has 14 heteroatoms. The van der Waals surface area contributed by atoms with Crippen LogP contribution in [0.1, 0.15) is 22.3 Å². The quantitative estimate of drug-likeness (QED) is 0.142. The highest BCUT2D eigenvalue weighted by atomic mass is 32.2. The van der Waals surface area contributed by atoms with E-state index in [0.717, 1.165) is 0 Å². The van der Waals surface area contributed by atoms with E-state index in [1.165, 1.54) is 32.2 Å². The Hall–Kier alpha value is -3.62. The Bertz CT molecular complexity index is 1350. The first kappa shape index (κ1) is 25.5. The summed E-state index contributed by atoms with van der Waals surface area (Å²) in [5.41, 5.74) is 0.786. The van der Waals surface area contributed by atoms with Gasteiger partial charge in [0.2, 0.25) is 16.7 Å². The molecule has 0 aromatic heterocycles. The second-order valence-corrected chi connectivity index (χ2v) is 9.90. The number of ether oxygens (including phenoxy) is 1. The lowest BCUT2D eigenvalue weighted by molar-refractivity contribution is -0.148. The molecule has 0 spiro atoms. The van der Waals surface area contributed by atoms with Crippen molar-refractivity contribution in [1.82, 2.24) is 4.90 Å². The monoisotopic (exact) mass is 523 g/mol. The molecule has 1 amide bonds. The molecule has 36 heavy (non-hydrogen) atoms. The number of aromatic hydroxyl groups is 1. The number of aliphatic hydroxyl groups excluding tert-OH is 2. The lowest BCUT2D eigenvalue weighted by atomic mass is 9.58. The summed E-state index contributed by atoms with van der Waals surface area (Å²) in [7, 11) is 1.14. The van der Waals surface area contributed by atoms with Crippen LogP contribution in [0.15, 0.2) is 28.7 Å². The molecule has 0 radical (unpaired) electrons. The number of likely N-dealkylation sites (N-methyl/N-ethyl adjacent to an activating group) is 1. The summed E-state index contributed by atoms with van der Waals surface area (Å²) in [5, 5.41) is 44.2. The summed E-state index contributed by atoms with van der Waals surface area (Å²) in [6.07, 6.45) is -0.0723. The Balaban J connectivity index is 1.98. The van der Waals surface area contributed by atoms with Crippen molar-refractivity contribution in [3.05, 3.63) is 39.9 Å². The number of hydrogen-bond donors (Lipinski definition) is 7. The number of methoxy groups -OCH3 is 1. The highest BCUT2D eigenvalue weighted by Gasteiger charge is 2.63. The molecule has 0 saturated heterocycles. The van der Waals surface area contributed by atoms with E-state index in [1.54, 1.807) is 0 Å². The molecule has 0 saturated carbocycles. The van der Waals surface area contributed by atoms with E-state index in [1.807, 2.05) is 4.72 Å². The normalized spacial score (nSPS) is 27.7. The third-order valence-corrected chi connectivity index (χ3v) is 7.54. The molecular formula is C22H25N3O10S. The number of carbonyl (C=O) groups is 3. The number of nitrogens with zero attached hydrogens (tertiary/aromatic N) is 1. The number of rotatable bonds is 5. The molecule has 13 nitrogen and oxygen atoms in total. The zero-order chi connectivity index (χ0) is 26.9. The summed E-state index contributed by atoms with van der Waals surface area (Å²) >= 11 is 0. The Morgan fingerprint density at radius 2 is 1.89 bits per heavy atom. The number of primary amides is 1. The molecule has 194 valence electrons. The maximum atomic E-state index is 13.6. The number of nitrogens with two attached hydrogens (primary N) is 1. The molecule has 7 N–H and O–H groups in total. The van der Waals surface area contributed by atoms with Gasteiger partial charge in [-0.25, -0.2) is 8.42 Å². The number of amides is 1. The summed E-state index contributed by atoms with van der Waals surface area (Å²) in [5.74, 6) is -7.87. The van der Waals surface area contributed by atoms with E-state index < -0.39 is 74.7 Å². The van der Waals surface area contributed by atoms with E-state index in [-0.39, 0.29) is 41.0 Å². The van der Waals surface area contributed by atoms with Crippen molar-refractivity contribution in [3.63, 3.8) is 0 Å². The van der Waals surface area contributed by atoms with Crippen molar-refractivity contribution < 1.29 is 48.0 Å². The number of benzene rings is 1. The third kappa shape index (κ3) is 3.36. The van der Waals surface area contributed by atoms with Crippen molar-refractivity contribution in [2.24, 2.45) is 17.6 Å². The van der Waals surface area contributed by atoms with Gasteiger partial charge in [-0.05, 0) is 32.9 Å². The first-order valence-corrected chi connectivity index (χ1v) is 11.9. The Morgan fingerprint density at radius 3 is 2.42 bits per heavy atom. The third-order valence-electron chi connectivity index (χ3n) is 7.11. The van der Waals surface area contributed by atoms with Gasteiger partial charge < -0.3 is 30.9 Å². The molecule has 4 rings (SSSR count). The number of aliphatic hydroxyl groups is 3. The number of hydrogen-bond acceptors (Lipinski definition) is 11. The average Bonchev–Trinajstić information content (AvgIpc) is 2.77. The largest absolute Gasteiger partial charge is 0.510 e. The first-order valence-electron chi connectivity index (χ1n) is 10.8. The van der Waals surface area contributed by atoms with Crippen LogP contribution >= 0.6 is 0 Å². The fraction of sp³-hybridized carbons (Fsp3) is 0.409. The minimum atomic E-state index is -3.21. The average molecular weight is 524 g/mol. The minimum Gasteiger partial charge on any atom is -0.510 e. The summed E-state index contributed by atoms with van der Waals surface area (Å²) in [4.78, 5) is 40.3. The zero-order valence-electron chi connectivity index (χ0n) is 19.4. The van der Waals surface area contributed by atoms with E-state index in [4.69, 9.17) is 10.5 Å². The van der Waals surface area contributed by atoms with E-state index in [0.29, 0.717) is 0 Å². The number of carbonyl (C=O) groups excluding carboxylic acids is 3. The predicted molar refractivity (Wildman–Crippen MR) is 124 cm³/mol. The van der Waals surface area contributed by atoms with Gasteiger partial charge in [0.1, 0.15) is 22.8 Å². The Kier molecular flexibility index (Phi) is 6.01. The molecule has 3 aliphatic carbocycles. The summed E-state index contributed by atoms with van der Waals surface area (Å²) in [6.45, 7) is 0. The smallest absolute Gasteiger partial charge is 0.255 e. The highest BCUT2D eigenvalue weighted by Crippen LogP contribution is 2.53. The van der Waals surface area contributed by atoms with Gasteiger partial charge in [0.15, 0.2) is 17.1 Å². The van der Waals surface area contributed by atoms with Gasteiger partial charge in [0.25, 0.3) is 5.91 Å². The molecule has 0 bridgehead atoms. The van der Waals surface area contributed by atoms with Gasteiger partial charge in [0.05, 0.1) is 24.4 Å². The molecule has 1 aromatic carbocycles. The van der Waals surface area contributed by atoms with Crippen LogP contribution in [0.4, 0.5) is 5.69 Å². The van der Waals surface area contributed by atoms with E-state index >= 15 is 0 Å². The fourth-order valence-electron chi connectivity index (χ4n) is 5.65. The molecule has 4 atom stereocenters. The highest BCUT2D eigenvalue weighted by molar-refractivity contribution is 7.73. The lowest BCUT2D eigenvalue weighted by Gasteiger charge is -2.50. The van der Waals surface area contributed by atoms with Crippen LogP contribution in [0.5, 0.6) is 11.5 Å². The molecule has 0 heterocycles. The van der Waals surface area contributed by atoms with Crippen LogP contribution in [0.3, 0.4) is 0 Å². The lowest BCUT2D eigenvalue weighted by Crippen LogP contribution is -2.63. The minimum absolute atomic E-state index is 0.00899. The topological polar surface area (TPSA) is 217 Å². The van der Waals surface area contributed by atoms with Crippen LogP contribution in [0, 0.1) is 11.8 Å². The molecule has 3 aliphatic rings. The maximum absolute atomic E-state index is 13.6. The van der Waals surface area contributed by atoms with Gasteiger partial charge in [-0.15, -0.1) is 0 Å². The SMILES string of the molecule is COc1cc(N[SH](=O)=O)c(O)c2c1C[C@H]1C[C@H]3[C@H](N(C)C)C(O)=C(C(N)=O)C(=O)[C@@]3(O)C(O)=C1C2=O. The fourth-order valence-corrected chi connectivity index (χ4v) is 6.02. The Morgan fingerprint density at radius 1 is 1.25 bits per heavy atom. The second kappa shape index (κ2) is 8.50. The number of thiol groups is 1. The molecule has 0 aliphatic heterocycles. The van der Waals surface area contributed by atoms with E-state index in [9.17, 15) is 43.2 Å². The van der Waals surface area contributed by atoms with Crippen molar-refractivity contribution in [3.8, 4) is 11.5 Å². The number of phenolic OH excluding ortho intramolecular Hbond substituents is 1. The zero-order valence-corrected chi connectivity index (χ0v) is 20.3. The number of Topliss-reactive ketones (excluding diaryl/α,β-unsaturated/α-hetero) is 2. The number of anilines is 1. The van der Waals surface area contributed by atoms with Gasteiger partial charge in [0, 0.05) is 23.1 Å². The van der Waals surface area contributed by atoms with Crippen molar-refractivity contribution in [1.29, 1.82) is 0 Å². The van der Waals surface area contributed by atoms with Crippen LogP contribution in [-0.4, -0.2) is 84.1 Å². The summed E-state index contributed by atoms with van der Waals surface area (Å²) < 4.78 is 29.7. The number of phenols is 1.